The molecule has 29 heavy (non-hydrogen) atoms. The maximum atomic E-state index is 13.4. The first-order valence-corrected chi connectivity index (χ1v) is 11.8. The Bertz CT molecular complexity index is 788. The van der Waals surface area contributed by atoms with Crippen LogP contribution in [0.1, 0.15) is 55.0 Å². The summed E-state index contributed by atoms with van der Waals surface area (Å²) < 4.78 is 0. The minimum Gasteiger partial charge on any atom is -0.351 e. The number of halogens is 2. The maximum Gasteiger partial charge on any atom is 0.247 e. The number of rotatable bonds is 7. The molecule has 1 saturated carbocycles. The van der Waals surface area contributed by atoms with Crippen LogP contribution in [0.3, 0.4) is 0 Å². The Kier molecular flexibility index (Phi) is 8.40. The van der Waals surface area contributed by atoms with Crippen molar-refractivity contribution in [1.82, 2.24) is 10.2 Å². The largest absolute Gasteiger partial charge is 0.351 e. The molecular formula is C22H26Cl2N2O2S. The summed E-state index contributed by atoms with van der Waals surface area (Å²) in [6, 6.07) is 10.4. The first kappa shape index (κ1) is 22.1. The van der Waals surface area contributed by atoms with Crippen LogP contribution in [0.4, 0.5) is 0 Å². The Labute approximate surface area is 186 Å². The number of benzene rings is 1. The summed E-state index contributed by atoms with van der Waals surface area (Å²) in [5, 5.41) is 5.75. The molecule has 4 nitrogen and oxygen atoms in total. The molecule has 0 radical (unpaired) electrons. The Morgan fingerprint density at radius 1 is 1.10 bits per heavy atom. The molecule has 1 aliphatic carbocycles. The molecule has 0 saturated heterocycles. The van der Waals surface area contributed by atoms with Crippen LogP contribution in [-0.4, -0.2) is 28.6 Å². The Morgan fingerprint density at radius 2 is 1.79 bits per heavy atom. The predicted molar refractivity (Wildman–Crippen MR) is 119 cm³/mol. The molecular weight excluding hydrogens is 427 g/mol. The highest BCUT2D eigenvalue weighted by Crippen LogP contribution is 2.28. The average Bonchev–Trinajstić information content (AvgIpc) is 3.11. The summed E-state index contributed by atoms with van der Waals surface area (Å²) in [7, 11) is 0. The number of nitrogens with one attached hydrogen (secondary N) is 1. The fourth-order valence-corrected chi connectivity index (χ4v) is 4.77. The second-order valence-corrected chi connectivity index (χ2v) is 9.12. The standard InChI is InChI=1S/C22H26Cl2N2O2S/c23-14-20(27)26(15-19-8-5-13-29-19)21(16-9-11-17(24)12-10-16)22(28)25-18-6-3-1-2-4-7-18/h5,8-13,18,21H,1-4,6-7,14-15H2,(H,25,28)/t21-/m0/s1. The third-order valence-electron chi connectivity index (χ3n) is 5.29. The van der Waals surface area contributed by atoms with Gasteiger partial charge < -0.3 is 10.2 Å². The van der Waals surface area contributed by atoms with E-state index in [1.807, 2.05) is 29.6 Å². The van der Waals surface area contributed by atoms with Crippen LogP contribution in [0.15, 0.2) is 41.8 Å². The zero-order chi connectivity index (χ0) is 20.6. The second kappa shape index (κ2) is 11.0. The molecule has 7 heteroatoms. The fraction of sp³-hybridized carbons (Fsp3) is 0.455. The number of hydrogen-bond acceptors (Lipinski definition) is 3. The highest BCUT2D eigenvalue weighted by molar-refractivity contribution is 7.09. The van der Waals surface area contributed by atoms with E-state index in [1.54, 1.807) is 28.4 Å². The summed E-state index contributed by atoms with van der Waals surface area (Å²) in [5.74, 6) is -0.600. The zero-order valence-corrected chi connectivity index (χ0v) is 18.6. The lowest BCUT2D eigenvalue weighted by Crippen LogP contribution is -2.46. The fourth-order valence-electron chi connectivity index (χ4n) is 3.79. The number of carbonyl (C=O) groups is 2. The number of alkyl halides is 1. The van der Waals surface area contributed by atoms with Gasteiger partial charge in [0, 0.05) is 15.9 Å². The van der Waals surface area contributed by atoms with E-state index in [0.29, 0.717) is 11.6 Å². The topological polar surface area (TPSA) is 49.4 Å². The van der Waals surface area contributed by atoms with Gasteiger partial charge in [-0.25, -0.2) is 0 Å². The van der Waals surface area contributed by atoms with E-state index in [1.165, 1.54) is 12.8 Å². The number of thiophene rings is 1. The smallest absolute Gasteiger partial charge is 0.247 e. The molecule has 1 heterocycles. The monoisotopic (exact) mass is 452 g/mol. The Hall–Kier alpha value is -1.56. The van der Waals surface area contributed by atoms with Gasteiger partial charge in [-0.1, -0.05) is 55.5 Å². The minimum atomic E-state index is -0.746. The summed E-state index contributed by atoms with van der Waals surface area (Å²) in [4.78, 5) is 28.8. The van der Waals surface area contributed by atoms with Crippen molar-refractivity contribution in [3.63, 3.8) is 0 Å². The molecule has 3 rings (SSSR count). The van der Waals surface area contributed by atoms with Gasteiger partial charge in [0.2, 0.25) is 11.8 Å². The van der Waals surface area contributed by atoms with Crippen molar-refractivity contribution < 1.29 is 9.59 Å². The van der Waals surface area contributed by atoms with Crippen LogP contribution >= 0.6 is 34.5 Å². The van der Waals surface area contributed by atoms with Crippen LogP contribution in [0.2, 0.25) is 5.02 Å². The molecule has 156 valence electrons. The molecule has 2 aromatic rings. The number of nitrogens with zero attached hydrogens (tertiary/aromatic N) is 1. The third-order valence-corrected chi connectivity index (χ3v) is 6.63. The second-order valence-electron chi connectivity index (χ2n) is 7.39. The molecule has 0 unspecified atom stereocenters. The SMILES string of the molecule is O=C(NC1CCCCCC1)[C@H](c1ccc(Cl)cc1)N(Cc1cccs1)C(=O)CCl. The van der Waals surface area contributed by atoms with Gasteiger partial charge in [-0.3, -0.25) is 9.59 Å². The van der Waals surface area contributed by atoms with E-state index in [0.717, 1.165) is 36.1 Å². The predicted octanol–water partition coefficient (Wildman–Crippen LogP) is 5.55. The average molecular weight is 453 g/mol. The van der Waals surface area contributed by atoms with Gasteiger partial charge in [-0.05, 0) is 42.0 Å². The lowest BCUT2D eigenvalue weighted by atomic mass is 10.0. The van der Waals surface area contributed by atoms with Crippen molar-refractivity contribution >= 4 is 46.4 Å². The molecule has 0 aliphatic heterocycles. The molecule has 1 atom stereocenters. The zero-order valence-electron chi connectivity index (χ0n) is 16.3. The van der Waals surface area contributed by atoms with Crippen molar-refractivity contribution in [3.8, 4) is 0 Å². The maximum absolute atomic E-state index is 13.4. The van der Waals surface area contributed by atoms with Crippen LogP contribution in [0, 0.1) is 0 Å². The van der Waals surface area contributed by atoms with E-state index >= 15 is 0 Å². The van der Waals surface area contributed by atoms with Crippen LogP contribution in [-0.2, 0) is 16.1 Å². The molecule has 1 fully saturated rings. The summed E-state index contributed by atoms with van der Waals surface area (Å²) in [5.41, 5.74) is 0.732. The molecule has 1 aliphatic rings. The van der Waals surface area contributed by atoms with E-state index in [2.05, 4.69) is 5.32 Å². The van der Waals surface area contributed by atoms with Gasteiger partial charge in [0.1, 0.15) is 11.9 Å². The van der Waals surface area contributed by atoms with Crippen LogP contribution < -0.4 is 5.32 Å². The number of carbonyl (C=O) groups excluding carboxylic acids is 2. The van der Waals surface area contributed by atoms with Crippen molar-refractivity contribution in [3.05, 3.63) is 57.2 Å². The van der Waals surface area contributed by atoms with Gasteiger partial charge in [-0.15, -0.1) is 22.9 Å². The highest BCUT2D eigenvalue weighted by atomic mass is 35.5. The van der Waals surface area contributed by atoms with Crippen molar-refractivity contribution in [2.45, 2.75) is 57.2 Å². The summed E-state index contributed by atoms with van der Waals surface area (Å²) in [6.45, 7) is 0.342. The van der Waals surface area contributed by atoms with E-state index < -0.39 is 6.04 Å². The summed E-state index contributed by atoms with van der Waals surface area (Å²) >= 11 is 13.5. The van der Waals surface area contributed by atoms with Gasteiger partial charge in [-0.2, -0.15) is 0 Å². The third kappa shape index (κ3) is 6.21. The van der Waals surface area contributed by atoms with Gasteiger partial charge in [0.15, 0.2) is 0 Å². The van der Waals surface area contributed by atoms with Gasteiger partial charge >= 0.3 is 0 Å². The number of amides is 2. The van der Waals surface area contributed by atoms with E-state index in [-0.39, 0.29) is 23.7 Å². The number of hydrogen-bond donors (Lipinski definition) is 1. The van der Waals surface area contributed by atoms with E-state index in [9.17, 15) is 9.59 Å². The lowest BCUT2D eigenvalue weighted by molar-refractivity contribution is -0.140. The minimum absolute atomic E-state index is 0.148. The molecule has 0 spiro atoms. The quantitative estimate of drug-likeness (QED) is 0.442. The van der Waals surface area contributed by atoms with Crippen LogP contribution in [0.5, 0.6) is 0 Å². The Morgan fingerprint density at radius 3 is 2.38 bits per heavy atom. The molecule has 0 bridgehead atoms. The van der Waals surface area contributed by atoms with Crippen molar-refractivity contribution in [2.75, 3.05) is 5.88 Å². The normalized spacial score (nSPS) is 16.1. The van der Waals surface area contributed by atoms with Crippen LogP contribution in [0.25, 0.3) is 0 Å². The Balaban J connectivity index is 1.90. The molecule has 2 amide bonds. The highest BCUT2D eigenvalue weighted by Gasteiger charge is 2.32. The first-order valence-electron chi connectivity index (χ1n) is 10.0. The first-order chi connectivity index (χ1) is 14.1. The molecule has 1 aromatic heterocycles. The van der Waals surface area contributed by atoms with Crippen molar-refractivity contribution in [2.24, 2.45) is 0 Å². The van der Waals surface area contributed by atoms with E-state index in [4.69, 9.17) is 23.2 Å². The molecule has 1 N–H and O–H groups in total. The van der Waals surface area contributed by atoms with Gasteiger partial charge in [0.05, 0.1) is 6.54 Å². The van der Waals surface area contributed by atoms with Crippen molar-refractivity contribution in [1.29, 1.82) is 0 Å². The molecule has 1 aromatic carbocycles. The summed E-state index contributed by atoms with van der Waals surface area (Å²) in [6.07, 6.45) is 6.62. The lowest BCUT2D eigenvalue weighted by Gasteiger charge is -2.32. The van der Waals surface area contributed by atoms with Gasteiger partial charge in [0.25, 0.3) is 0 Å².